The number of rotatable bonds is 11. The van der Waals surface area contributed by atoms with Crippen molar-refractivity contribution in [1.82, 2.24) is 35.2 Å². The summed E-state index contributed by atoms with van der Waals surface area (Å²) in [4.78, 5) is 81.3. The van der Waals surface area contributed by atoms with Crippen molar-refractivity contribution in [1.29, 1.82) is 0 Å². The predicted octanol–water partition coefficient (Wildman–Crippen LogP) is 4.41. The Morgan fingerprint density at radius 3 is 2.34 bits per heavy atom. The Balaban J connectivity index is 1.01. The molecule has 2 fully saturated rings. The topological polar surface area (TPSA) is 228 Å². The molecular weight excluding hydrogens is 761 g/mol. The molecule has 7 rings (SSSR count). The van der Waals surface area contributed by atoms with Crippen molar-refractivity contribution in [3.05, 3.63) is 82.7 Å². The SMILES string of the molecule is CCNC(=O)c1nnc(-c2cc(C(C)C)c(O)cc2O)n1-c1ccc(C(=O)N2CCC(CCN(C(=O)O)c3cccc4c3CN(C3CCC(=O)NC3=O)C4=O)CC2)cc1. The fourth-order valence-electron chi connectivity index (χ4n) is 8.14. The Morgan fingerprint density at radius 1 is 0.949 bits per heavy atom. The number of hydrogen-bond donors (Lipinski definition) is 5. The minimum absolute atomic E-state index is 0.0256. The molecule has 5 N–H and O–H groups in total. The van der Waals surface area contributed by atoms with E-state index in [9.17, 15) is 44.1 Å². The molecule has 1 unspecified atom stereocenters. The summed E-state index contributed by atoms with van der Waals surface area (Å²) >= 11 is 0. The second kappa shape index (κ2) is 16.6. The van der Waals surface area contributed by atoms with Crippen LogP contribution in [0.5, 0.6) is 11.5 Å². The highest BCUT2D eigenvalue weighted by atomic mass is 16.4. The number of piperidine rings is 2. The maximum absolute atomic E-state index is 13.7. The number of anilines is 1. The van der Waals surface area contributed by atoms with Gasteiger partial charge in [-0.1, -0.05) is 19.9 Å². The Kier molecular flexibility index (Phi) is 11.4. The van der Waals surface area contributed by atoms with Gasteiger partial charge in [0.1, 0.15) is 17.5 Å². The first-order valence-electron chi connectivity index (χ1n) is 19.7. The number of imide groups is 1. The number of phenolic OH excluding ortho intramolecular Hbond substituents is 2. The van der Waals surface area contributed by atoms with E-state index < -0.39 is 23.9 Å². The zero-order valence-electron chi connectivity index (χ0n) is 33.0. The van der Waals surface area contributed by atoms with Crippen molar-refractivity contribution in [3.63, 3.8) is 0 Å². The molecule has 59 heavy (non-hydrogen) atoms. The minimum atomic E-state index is -1.17. The van der Waals surface area contributed by atoms with Gasteiger partial charge in [-0.2, -0.15) is 0 Å². The van der Waals surface area contributed by atoms with Crippen LogP contribution in [0.25, 0.3) is 17.1 Å². The van der Waals surface area contributed by atoms with E-state index in [1.165, 1.54) is 20.4 Å². The fourth-order valence-corrected chi connectivity index (χ4v) is 8.14. The average Bonchev–Trinajstić information content (AvgIpc) is 3.80. The van der Waals surface area contributed by atoms with Crippen LogP contribution in [0, 0.1) is 5.92 Å². The van der Waals surface area contributed by atoms with Gasteiger partial charge in [0.25, 0.3) is 17.7 Å². The number of carbonyl (C=O) groups excluding carboxylic acids is 5. The molecule has 4 aromatic rings. The summed E-state index contributed by atoms with van der Waals surface area (Å²) in [6, 6.07) is 13.6. The number of aromatic nitrogens is 3. The number of carbonyl (C=O) groups is 6. The van der Waals surface area contributed by atoms with E-state index in [2.05, 4.69) is 20.8 Å². The average molecular weight is 807 g/mol. The number of benzene rings is 3. The van der Waals surface area contributed by atoms with Crippen LogP contribution >= 0.6 is 0 Å². The Morgan fingerprint density at radius 2 is 1.68 bits per heavy atom. The van der Waals surface area contributed by atoms with Gasteiger partial charge in [-0.25, -0.2) is 4.79 Å². The molecule has 308 valence electrons. The van der Waals surface area contributed by atoms with Crippen LogP contribution in [0.1, 0.15) is 101 Å². The number of amides is 6. The first kappa shape index (κ1) is 40.4. The third-order valence-electron chi connectivity index (χ3n) is 11.3. The van der Waals surface area contributed by atoms with Crippen LogP contribution in [0.15, 0.2) is 54.6 Å². The molecule has 0 radical (unpaired) electrons. The van der Waals surface area contributed by atoms with E-state index in [1.54, 1.807) is 60.4 Å². The van der Waals surface area contributed by atoms with Crippen LogP contribution in [0.2, 0.25) is 0 Å². The van der Waals surface area contributed by atoms with E-state index in [4.69, 9.17) is 0 Å². The fraction of sp³-hybridized carbons (Fsp3) is 0.381. The van der Waals surface area contributed by atoms with Crippen molar-refractivity contribution in [2.45, 2.75) is 71.4 Å². The molecule has 0 aliphatic carbocycles. The molecule has 17 heteroatoms. The Bertz CT molecular complexity index is 2330. The minimum Gasteiger partial charge on any atom is -0.508 e. The molecule has 1 atom stereocenters. The monoisotopic (exact) mass is 806 g/mol. The largest absolute Gasteiger partial charge is 0.508 e. The van der Waals surface area contributed by atoms with Gasteiger partial charge in [-0.15, -0.1) is 10.2 Å². The maximum atomic E-state index is 13.7. The first-order valence-corrected chi connectivity index (χ1v) is 19.7. The number of fused-ring (bicyclic) bond motifs is 1. The van der Waals surface area contributed by atoms with Gasteiger partial charge >= 0.3 is 6.09 Å². The molecule has 3 aliphatic rings. The molecule has 0 bridgehead atoms. The van der Waals surface area contributed by atoms with Crippen LogP contribution in [-0.2, 0) is 16.1 Å². The second-order valence-corrected chi connectivity index (χ2v) is 15.3. The quantitative estimate of drug-likeness (QED) is 0.133. The van der Waals surface area contributed by atoms with E-state index in [-0.39, 0.29) is 84.2 Å². The molecule has 6 amide bonds. The van der Waals surface area contributed by atoms with Gasteiger partial charge in [-0.3, -0.25) is 38.8 Å². The summed E-state index contributed by atoms with van der Waals surface area (Å²) in [6.07, 6.45) is 0.982. The van der Waals surface area contributed by atoms with Crippen LogP contribution in [0.3, 0.4) is 0 Å². The number of carboxylic acid groups (broad SMARTS) is 1. The smallest absolute Gasteiger partial charge is 0.411 e. The molecule has 0 spiro atoms. The lowest BCUT2D eigenvalue weighted by Gasteiger charge is -2.33. The molecule has 17 nitrogen and oxygen atoms in total. The molecule has 0 saturated carbocycles. The zero-order chi connectivity index (χ0) is 42.1. The molecule has 2 saturated heterocycles. The summed E-state index contributed by atoms with van der Waals surface area (Å²) in [5, 5.41) is 45.0. The highest BCUT2D eigenvalue weighted by molar-refractivity contribution is 6.06. The number of aromatic hydroxyl groups is 2. The maximum Gasteiger partial charge on any atom is 0.411 e. The Labute approximate surface area is 339 Å². The first-order chi connectivity index (χ1) is 28.3. The molecular formula is C42H46N8O9. The number of phenols is 2. The number of nitrogens with one attached hydrogen (secondary N) is 2. The van der Waals surface area contributed by atoms with Crippen molar-refractivity contribution in [3.8, 4) is 28.6 Å². The van der Waals surface area contributed by atoms with Crippen LogP contribution in [-0.4, -0.2) is 108 Å². The normalized spacial score (nSPS) is 16.9. The van der Waals surface area contributed by atoms with Crippen molar-refractivity contribution < 1.29 is 44.1 Å². The van der Waals surface area contributed by atoms with Crippen LogP contribution < -0.4 is 15.5 Å². The lowest BCUT2D eigenvalue weighted by Crippen LogP contribution is -2.52. The van der Waals surface area contributed by atoms with E-state index >= 15 is 0 Å². The predicted molar refractivity (Wildman–Crippen MR) is 213 cm³/mol. The highest BCUT2D eigenvalue weighted by Gasteiger charge is 2.41. The summed E-state index contributed by atoms with van der Waals surface area (Å²) in [5.41, 5.74) is 2.98. The highest BCUT2D eigenvalue weighted by Crippen LogP contribution is 2.39. The van der Waals surface area contributed by atoms with Gasteiger partial charge in [0, 0.05) is 67.6 Å². The van der Waals surface area contributed by atoms with E-state index in [0.29, 0.717) is 72.5 Å². The zero-order valence-corrected chi connectivity index (χ0v) is 33.0. The molecule has 3 aliphatic heterocycles. The number of nitrogens with zero attached hydrogens (tertiary/aromatic N) is 6. The Hall–Kier alpha value is -6.78. The van der Waals surface area contributed by atoms with E-state index in [1.807, 2.05) is 13.8 Å². The van der Waals surface area contributed by atoms with Gasteiger partial charge in [-0.05, 0) is 92.5 Å². The van der Waals surface area contributed by atoms with Crippen LogP contribution in [0.4, 0.5) is 10.5 Å². The summed E-state index contributed by atoms with van der Waals surface area (Å²) < 4.78 is 1.50. The standard InChI is InChI=1S/C42H46N8O9/c1-4-43-39(55)37-46-45-36(29-20-28(23(2)3)33(51)21-34(29)52)50(37)26-10-8-25(9-11-26)40(56)47-17-14-24(15-18-47)16-19-48(42(58)59)31-7-5-6-27-30(31)22-49(41(27)57)32-12-13-35(53)44-38(32)54/h5-11,20-21,23-24,32,51-52H,4,12-19,22H2,1-3H3,(H,43,55)(H,58,59)(H,44,53,54). The second-order valence-electron chi connectivity index (χ2n) is 15.3. The molecule has 4 heterocycles. The summed E-state index contributed by atoms with van der Waals surface area (Å²) in [6.45, 7) is 7.06. The molecule has 1 aromatic heterocycles. The number of likely N-dealkylation sites (tertiary alicyclic amines) is 1. The lowest BCUT2D eigenvalue weighted by atomic mass is 9.92. The van der Waals surface area contributed by atoms with Gasteiger partial charge in [0.05, 0.1) is 11.3 Å². The third-order valence-corrected chi connectivity index (χ3v) is 11.3. The number of hydrogen-bond acceptors (Lipinski definition) is 10. The summed E-state index contributed by atoms with van der Waals surface area (Å²) in [5.74, 6) is -2.08. The van der Waals surface area contributed by atoms with Gasteiger partial charge in [0.15, 0.2) is 5.82 Å². The van der Waals surface area contributed by atoms with Crippen molar-refractivity contribution >= 4 is 41.3 Å². The van der Waals surface area contributed by atoms with E-state index in [0.717, 1.165) is 0 Å². The summed E-state index contributed by atoms with van der Waals surface area (Å²) in [7, 11) is 0. The third kappa shape index (κ3) is 7.91. The lowest BCUT2D eigenvalue weighted by molar-refractivity contribution is -0.136. The van der Waals surface area contributed by atoms with Gasteiger partial charge < -0.3 is 30.4 Å². The molecule has 3 aromatic carbocycles. The van der Waals surface area contributed by atoms with Crippen molar-refractivity contribution in [2.75, 3.05) is 31.1 Å². The van der Waals surface area contributed by atoms with Gasteiger partial charge in [0.2, 0.25) is 17.6 Å². The van der Waals surface area contributed by atoms with Crippen molar-refractivity contribution in [2.24, 2.45) is 5.92 Å².